The molecule has 0 saturated carbocycles. The Labute approximate surface area is 166 Å². The monoisotopic (exact) mass is 389 g/mol. The number of nitrogens with one attached hydrogen (secondary N) is 3. The van der Waals surface area contributed by atoms with Gasteiger partial charge in [0.05, 0.1) is 19.2 Å². The lowest BCUT2D eigenvalue weighted by atomic mass is 10.0. The van der Waals surface area contributed by atoms with Crippen LogP contribution in [0.1, 0.15) is 18.2 Å². The molecule has 8 nitrogen and oxygen atoms in total. The standard InChI is InChI=1S/C20H31N5O3/c1-14(26)23-8-7-21-6-5-15-3-4-18(24-20(15)28-2)9-19(27)25-12-16-10-22-11-17(16)13-25/h3-4,16-17,21-22H,5-13H2,1-2H3,(H,23,26). The maximum atomic E-state index is 12.6. The van der Waals surface area contributed by atoms with Crippen LogP contribution in [0.4, 0.5) is 0 Å². The minimum Gasteiger partial charge on any atom is -0.481 e. The Kier molecular flexibility index (Phi) is 7.22. The van der Waals surface area contributed by atoms with E-state index in [0.717, 1.165) is 56.9 Å². The number of fused-ring (bicyclic) bond motifs is 1. The van der Waals surface area contributed by atoms with Crippen LogP contribution in [0.15, 0.2) is 12.1 Å². The maximum absolute atomic E-state index is 12.6. The molecule has 2 atom stereocenters. The van der Waals surface area contributed by atoms with Gasteiger partial charge in [0.25, 0.3) is 0 Å². The Morgan fingerprint density at radius 1 is 1.21 bits per heavy atom. The van der Waals surface area contributed by atoms with E-state index in [4.69, 9.17) is 4.74 Å². The molecule has 0 radical (unpaired) electrons. The van der Waals surface area contributed by atoms with Crippen molar-refractivity contribution in [1.82, 2.24) is 25.8 Å². The summed E-state index contributed by atoms with van der Waals surface area (Å²) in [6.07, 6.45) is 1.09. The van der Waals surface area contributed by atoms with Gasteiger partial charge in [-0.05, 0) is 30.9 Å². The van der Waals surface area contributed by atoms with E-state index in [1.807, 2.05) is 17.0 Å². The minimum atomic E-state index is -0.0217. The fourth-order valence-electron chi connectivity index (χ4n) is 3.97. The molecular weight excluding hydrogens is 358 g/mol. The minimum absolute atomic E-state index is 0.0217. The Balaban J connectivity index is 1.47. The highest BCUT2D eigenvalue weighted by Gasteiger charge is 2.37. The van der Waals surface area contributed by atoms with Crippen LogP contribution in [0.2, 0.25) is 0 Å². The second kappa shape index (κ2) is 9.84. The van der Waals surface area contributed by atoms with E-state index in [0.29, 0.717) is 30.7 Å². The zero-order chi connectivity index (χ0) is 19.9. The molecule has 2 amide bonds. The van der Waals surface area contributed by atoms with Gasteiger partial charge in [0.2, 0.25) is 17.7 Å². The largest absolute Gasteiger partial charge is 0.481 e. The third kappa shape index (κ3) is 5.42. The van der Waals surface area contributed by atoms with E-state index in [2.05, 4.69) is 20.9 Å². The quantitative estimate of drug-likeness (QED) is 0.497. The lowest BCUT2D eigenvalue weighted by molar-refractivity contribution is -0.129. The molecule has 1 aromatic rings. The van der Waals surface area contributed by atoms with E-state index >= 15 is 0 Å². The van der Waals surface area contributed by atoms with E-state index < -0.39 is 0 Å². The molecule has 1 aromatic heterocycles. The molecule has 3 N–H and O–H groups in total. The summed E-state index contributed by atoms with van der Waals surface area (Å²) in [5, 5.41) is 9.43. The van der Waals surface area contributed by atoms with Gasteiger partial charge in [-0.15, -0.1) is 0 Å². The lowest BCUT2D eigenvalue weighted by Crippen LogP contribution is -2.33. The molecule has 2 unspecified atom stereocenters. The molecular formula is C20H31N5O3. The van der Waals surface area contributed by atoms with Crippen LogP contribution >= 0.6 is 0 Å². The number of likely N-dealkylation sites (tertiary alicyclic amines) is 1. The molecule has 0 aliphatic carbocycles. The smallest absolute Gasteiger partial charge is 0.228 e. The Hall–Kier alpha value is -2.19. The molecule has 0 bridgehead atoms. The zero-order valence-corrected chi connectivity index (χ0v) is 16.8. The molecule has 8 heteroatoms. The number of aromatic nitrogens is 1. The highest BCUT2D eigenvalue weighted by molar-refractivity contribution is 5.78. The van der Waals surface area contributed by atoms with Gasteiger partial charge in [-0.25, -0.2) is 4.98 Å². The van der Waals surface area contributed by atoms with E-state index in [-0.39, 0.29) is 11.8 Å². The van der Waals surface area contributed by atoms with Gasteiger partial charge < -0.3 is 25.6 Å². The van der Waals surface area contributed by atoms with E-state index in [1.54, 1.807) is 7.11 Å². The van der Waals surface area contributed by atoms with Crippen LogP contribution in [-0.4, -0.2) is 74.6 Å². The summed E-state index contributed by atoms with van der Waals surface area (Å²) < 4.78 is 5.43. The summed E-state index contributed by atoms with van der Waals surface area (Å²) in [6, 6.07) is 3.91. The summed E-state index contributed by atoms with van der Waals surface area (Å²) in [5.74, 6) is 1.92. The lowest BCUT2D eigenvalue weighted by Gasteiger charge is -2.17. The summed E-state index contributed by atoms with van der Waals surface area (Å²) in [7, 11) is 1.61. The highest BCUT2D eigenvalue weighted by Crippen LogP contribution is 2.27. The number of amides is 2. The predicted octanol–water partition coefficient (Wildman–Crippen LogP) is -0.421. The molecule has 2 fully saturated rings. The molecule has 2 aliphatic heterocycles. The van der Waals surface area contributed by atoms with Crippen LogP contribution in [0.3, 0.4) is 0 Å². The van der Waals surface area contributed by atoms with Crippen molar-refractivity contribution in [3.63, 3.8) is 0 Å². The molecule has 0 spiro atoms. The van der Waals surface area contributed by atoms with Crippen molar-refractivity contribution < 1.29 is 14.3 Å². The topological polar surface area (TPSA) is 95.6 Å². The molecule has 2 aliphatic rings. The van der Waals surface area contributed by atoms with Gasteiger partial charge >= 0.3 is 0 Å². The molecule has 3 heterocycles. The average molecular weight is 390 g/mol. The van der Waals surface area contributed by atoms with Crippen LogP contribution in [0.5, 0.6) is 5.88 Å². The fraction of sp³-hybridized carbons (Fsp3) is 0.650. The number of hydrogen-bond donors (Lipinski definition) is 3. The molecule has 0 aromatic carbocycles. The molecule has 28 heavy (non-hydrogen) atoms. The second-order valence-electron chi connectivity index (χ2n) is 7.61. The van der Waals surface area contributed by atoms with Crippen molar-refractivity contribution in [3.8, 4) is 5.88 Å². The first-order chi connectivity index (χ1) is 13.6. The number of ether oxygens (including phenoxy) is 1. The van der Waals surface area contributed by atoms with Gasteiger partial charge in [-0.2, -0.15) is 0 Å². The van der Waals surface area contributed by atoms with Crippen molar-refractivity contribution in [3.05, 3.63) is 23.4 Å². The van der Waals surface area contributed by atoms with Gasteiger partial charge in [-0.3, -0.25) is 9.59 Å². The summed E-state index contributed by atoms with van der Waals surface area (Å²) in [4.78, 5) is 30.0. The van der Waals surface area contributed by atoms with Crippen LogP contribution in [0.25, 0.3) is 0 Å². The summed E-state index contributed by atoms with van der Waals surface area (Å²) >= 11 is 0. The van der Waals surface area contributed by atoms with E-state index in [1.165, 1.54) is 6.92 Å². The van der Waals surface area contributed by atoms with Gasteiger partial charge in [0.15, 0.2) is 0 Å². The molecule has 3 rings (SSSR count). The average Bonchev–Trinajstić information content (AvgIpc) is 3.27. The van der Waals surface area contributed by atoms with Crippen LogP contribution in [0, 0.1) is 11.8 Å². The van der Waals surface area contributed by atoms with Crippen molar-refractivity contribution >= 4 is 11.8 Å². The maximum Gasteiger partial charge on any atom is 0.228 e. The van der Waals surface area contributed by atoms with Crippen LogP contribution < -0.4 is 20.7 Å². The number of carbonyl (C=O) groups excluding carboxylic acids is 2. The first-order valence-corrected chi connectivity index (χ1v) is 10.0. The first-order valence-electron chi connectivity index (χ1n) is 10.0. The Bertz CT molecular complexity index is 684. The molecule has 154 valence electrons. The van der Waals surface area contributed by atoms with Crippen molar-refractivity contribution in [2.75, 3.05) is 52.9 Å². The molecule has 2 saturated heterocycles. The number of pyridine rings is 1. The summed E-state index contributed by atoms with van der Waals surface area (Å²) in [6.45, 7) is 7.36. The predicted molar refractivity (Wildman–Crippen MR) is 106 cm³/mol. The Morgan fingerprint density at radius 3 is 2.64 bits per heavy atom. The number of rotatable bonds is 9. The highest BCUT2D eigenvalue weighted by atomic mass is 16.5. The number of carbonyl (C=O) groups is 2. The fourth-order valence-corrected chi connectivity index (χ4v) is 3.97. The van der Waals surface area contributed by atoms with Gasteiger partial charge in [-0.1, -0.05) is 6.07 Å². The van der Waals surface area contributed by atoms with E-state index in [9.17, 15) is 9.59 Å². The Morgan fingerprint density at radius 2 is 1.96 bits per heavy atom. The van der Waals surface area contributed by atoms with Crippen LogP contribution in [-0.2, 0) is 22.4 Å². The zero-order valence-electron chi connectivity index (χ0n) is 16.8. The van der Waals surface area contributed by atoms with Crippen molar-refractivity contribution in [1.29, 1.82) is 0 Å². The third-order valence-electron chi connectivity index (χ3n) is 5.51. The number of hydrogen-bond acceptors (Lipinski definition) is 6. The van der Waals surface area contributed by atoms with Gasteiger partial charge in [0.1, 0.15) is 0 Å². The van der Waals surface area contributed by atoms with Gasteiger partial charge in [0, 0.05) is 51.8 Å². The first kappa shape index (κ1) is 20.5. The number of nitrogens with zero attached hydrogens (tertiary/aromatic N) is 2. The normalized spacial score (nSPS) is 20.9. The summed E-state index contributed by atoms with van der Waals surface area (Å²) in [5.41, 5.74) is 1.76. The van der Waals surface area contributed by atoms with Crippen molar-refractivity contribution in [2.24, 2.45) is 11.8 Å². The SMILES string of the molecule is COc1nc(CC(=O)N2CC3CNCC3C2)ccc1CCNCCNC(C)=O. The second-order valence-corrected chi connectivity index (χ2v) is 7.61. The third-order valence-corrected chi connectivity index (χ3v) is 5.51. The van der Waals surface area contributed by atoms with Crippen molar-refractivity contribution in [2.45, 2.75) is 19.8 Å². The number of methoxy groups -OCH3 is 1.